The zero-order valence-corrected chi connectivity index (χ0v) is 15.8. The molecule has 0 saturated carbocycles. The Morgan fingerprint density at radius 2 is 1.06 bits per heavy atom. The van der Waals surface area contributed by atoms with Crippen molar-refractivity contribution in [2.24, 2.45) is 0 Å². The first-order valence-electron chi connectivity index (χ1n) is 8.13. The quantitative estimate of drug-likeness (QED) is 0.369. The number of amides is 3. The molecule has 194 valence electrons. The SMILES string of the molecule is CC(=O)N(CCCCNC(=O)C(F)(F)C(F)(F)C(F)(F)F)C(=O)C(F)(F)C(F)(F)C(F)(F)F. The van der Waals surface area contributed by atoms with E-state index in [0.29, 0.717) is 6.92 Å². The van der Waals surface area contributed by atoms with Crippen molar-refractivity contribution in [1.29, 1.82) is 0 Å². The lowest BCUT2D eigenvalue weighted by molar-refractivity contribution is -0.345. The molecule has 0 radical (unpaired) electrons. The first-order valence-corrected chi connectivity index (χ1v) is 8.13. The lowest BCUT2D eigenvalue weighted by atomic mass is 10.1. The van der Waals surface area contributed by atoms with Crippen LogP contribution < -0.4 is 5.32 Å². The molecular formula is C14H12F14N2O3. The van der Waals surface area contributed by atoms with E-state index in [2.05, 4.69) is 0 Å². The molecular weight excluding hydrogens is 510 g/mol. The molecule has 33 heavy (non-hydrogen) atoms. The number of imide groups is 1. The van der Waals surface area contributed by atoms with Gasteiger partial charge in [-0.2, -0.15) is 61.5 Å². The second-order valence-corrected chi connectivity index (χ2v) is 6.23. The van der Waals surface area contributed by atoms with Crippen LogP contribution in [0.15, 0.2) is 0 Å². The minimum absolute atomic E-state index is 0.307. The van der Waals surface area contributed by atoms with Gasteiger partial charge in [-0.05, 0) is 12.8 Å². The Labute approximate surface area is 174 Å². The summed E-state index contributed by atoms with van der Waals surface area (Å²) in [7, 11) is 0. The molecule has 0 aliphatic rings. The van der Waals surface area contributed by atoms with Crippen molar-refractivity contribution in [3.63, 3.8) is 0 Å². The smallest absolute Gasteiger partial charge is 0.351 e. The van der Waals surface area contributed by atoms with Crippen LogP contribution in [0, 0.1) is 0 Å². The summed E-state index contributed by atoms with van der Waals surface area (Å²) in [6.45, 7) is -2.19. The zero-order chi connectivity index (χ0) is 26.8. The van der Waals surface area contributed by atoms with Gasteiger partial charge in [-0.25, -0.2) is 0 Å². The molecule has 0 atom stereocenters. The van der Waals surface area contributed by atoms with E-state index in [1.165, 1.54) is 0 Å². The van der Waals surface area contributed by atoms with Crippen LogP contribution >= 0.6 is 0 Å². The molecule has 0 aliphatic heterocycles. The highest BCUT2D eigenvalue weighted by molar-refractivity contribution is 5.98. The Hall–Kier alpha value is -2.37. The van der Waals surface area contributed by atoms with Gasteiger partial charge in [0, 0.05) is 20.0 Å². The molecule has 0 aliphatic carbocycles. The fourth-order valence-electron chi connectivity index (χ4n) is 1.91. The predicted octanol–water partition coefficient (Wildman–Crippen LogP) is 3.92. The minimum atomic E-state index is -6.90. The van der Waals surface area contributed by atoms with Gasteiger partial charge in [0.1, 0.15) is 0 Å². The van der Waals surface area contributed by atoms with Crippen LogP contribution in [0.5, 0.6) is 0 Å². The standard InChI is InChI=1S/C14H12F14N2O3/c1-6(31)30(8(33)10(17,18)12(21,22)14(26,27)28)5-3-2-4-29-7(32)9(15,16)11(19,20)13(23,24)25/h2-5H2,1H3,(H,29,32). The number of hydrogen-bond donors (Lipinski definition) is 1. The molecule has 0 bridgehead atoms. The van der Waals surface area contributed by atoms with Crippen LogP contribution in [0.25, 0.3) is 0 Å². The number of nitrogens with one attached hydrogen (secondary N) is 1. The van der Waals surface area contributed by atoms with Crippen LogP contribution in [0.2, 0.25) is 0 Å². The van der Waals surface area contributed by atoms with Crippen molar-refractivity contribution in [1.82, 2.24) is 10.2 Å². The summed E-state index contributed by atoms with van der Waals surface area (Å²) >= 11 is 0. The maximum atomic E-state index is 13.4. The number of alkyl halides is 14. The van der Waals surface area contributed by atoms with E-state index < -0.39 is 84.6 Å². The molecule has 1 N–H and O–H groups in total. The molecule has 0 rings (SSSR count). The highest BCUT2D eigenvalue weighted by Gasteiger charge is 2.77. The zero-order valence-electron chi connectivity index (χ0n) is 15.8. The number of hydrogen-bond acceptors (Lipinski definition) is 3. The molecule has 0 spiro atoms. The number of nitrogens with zero attached hydrogens (tertiary/aromatic N) is 1. The molecule has 0 unspecified atom stereocenters. The average molecular weight is 522 g/mol. The molecule has 0 aromatic carbocycles. The van der Waals surface area contributed by atoms with E-state index in [-0.39, 0.29) is 0 Å². The average Bonchev–Trinajstić information content (AvgIpc) is 2.61. The lowest BCUT2D eigenvalue weighted by Crippen LogP contribution is -2.61. The van der Waals surface area contributed by atoms with Crippen molar-refractivity contribution >= 4 is 17.7 Å². The van der Waals surface area contributed by atoms with Crippen LogP contribution in [0.3, 0.4) is 0 Å². The third-order valence-electron chi connectivity index (χ3n) is 3.77. The van der Waals surface area contributed by atoms with E-state index in [9.17, 15) is 75.8 Å². The number of rotatable bonds is 9. The summed E-state index contributed by atoms with van der Waals surface area (Å²) in [6.07, 6.45) is -15.4. The van der Waals surface area contributed by atoms with Gasteiger partial charge in [0.15, 0.2) is 0 Å². The Morgan fingerprint density at radius 3 is 1.42 bits per heavy atom. The predicted molar refractivity (Wildman–Crippen MR) is 76.5 cm³/mol. The molecule has 3 amide bonds. The Kier molecular flexibility index (Phi) is 8.79. The molecule has 0 fully saturated rings. The number of carbonyl (C=O) groups excluding carboxylic acids is 3. The normalized spacial score (nSPS) is 14.2. The fraction of sp³-hybridized carbons (Fsp3) is 0.786. The molecule has 0 saturated heterocycles. The van der Waals surface area contributed by atoms with Crippen molar-refractivity contribution in [3.8, 4) is 0 Å². The van der Waals surface area contributed by atoms with Crippen LogP contribution in [0.4, 0.5) is 61.5 Å². The third-order valence-corrected chi connectivity index (χ3v) is 3.77. The van der Waals surface area contributed by atoms with Gasteiger partial charge in [-0.15, -0.1) is 0 Å². The Morgan fingerprint density at radius 1 is 0.667 bits per heavy atom. The highest BCUT2D eigenvalue weighted by atomic mass is 19.4. The van der Waals surface area contributed by atoms with E-state index in [1.54, 1.807) is 0 Å². The largest absolute Gasteiger partial charge is 0.460 e. The number of halogens is 14. The topological polar surface area (TPSA) is 66.5 Å². The first kappa shape index (κ1) is 30.6. The molecule has 0 heterocycles. The van der Waals surface area contributed by atoms with E-state index in [4.69, 9.17) is 0 Å². The maximum absolute atomic E-state index is 13.4. The summed E-state index contributed by atoms with van der Waals surface area (Å²) in [6, 6.07) is 0. The van der Waals surface area contributed by atoms with Crippen molar-refractivity contribution in [2.75, 3.05) is 13.1 Å². The maximum Gasteiger partial charge on any atom is 0.460 e. The van der Waals surface area contributed by atoms with Gasteiger partial charge in [-0.3, -0.25) is 19.3 Å². The summed E-state index contributed by atoms with van der Waals surface area (Å²) in [5.74, 6) is -34.5. The summed E-state index contributed by atoms with van der Waals surface area (Å²) in [4.78, 5) is 32.8. The number of carbonyl (C=O) groups is 3. The van der Waals surface area contributed by atoms with Crippen molar-refractivity contribution in [3.05, 3.63) is 0 Å². The second-order valence-electron chi connectivity index (χ2n) is 6.23. The Bertz CT molecular complexity index is 744. The van der Waals surface area contributed by atoms with Gasteiger partial charge in [-0.1, -0.05) is 0 Å². The van der Waals surface area contributed by atoms with Crippen molar-refractivity contribution in [2.45, 2.75) is 55.8 Å². The Balaban J connectivity index is 5.13. The minimum Gasteiger partial charge on any atom is -0.351 e. The van der Waals surface area contributed by atoms with Crippen LogP contribution in [-0.4, -0.2) is 71.8 Å². The lowest BCUT2D eigenvalue weighted by Gasteiger charge is -2.30. The van der Waals surface area contributed by atoms with Crippen LogP contribution in [0.1, 0.15) is 19.8 Å². The number of unbranched alkanes of at least 4 members (excludes halogenated alkanes) is 1. The van der Waals surface area contributed by atoms with E-state index >= 15 is 0 Å². The highest BCUT2D eigenvalue weighted by Crippen LogP contribution is 2.48. The molecule has 0 aromatic heterocycles. The van der Waals surface area contributed by atoms with E-state index in [1.807, 2.05) is 0 Å². The third kappa shape index (κ3) is 5.96. The van der Waals surface area contributed by atoms with E-state index in [0.717, 1.165) is 5.32 Å². The summed E-state index contributed by atoms with van der Waals surface area (Å²) in [5.41, 5.74) is 0. The first-order chi connectivity index (χ1) is 14.4. The molecule has 0 aromatic rings. The van der Waals surface area contributed by atoms with Gasteiger partial charge in [0.2, 0.25) is 5.91 Å². The summed E-state index contributed by atoms with van der Waals surface area (Å²) < 4.78 is 176. The van der Waals surface area contributed by atoms with Crippen molar-refractivity contribution < 1.29 is 75.8 Å². The van der Waals surface area contributed by atoms with Gasteiger partial charge in [0.25, 0.3) is 5.91 Å². The van der Waals surface area contributed by atoms with Gasteiger partial charge in [0.05, 0.1) is 0 Å². The summed E-state index contributed by atoms with van der Waals surface area (Å²) in [5, 5.41) is 0.934. The van der Waals surface area contributed by atoms with Gasteiger partial charge >= 0.3 is 41.9 Å². The molecule has 5 nitrogen and oxygen atoms in total. The van der Waals surface area contributed by atoms with Gasteiger partial charge < -0.3 is 5.32 Å². The van der Waals surface area contributed by atoms with Crippen LogP contribution in [-0.2, 0) is 14.4 Å². The second kappa shape index (κ2) is 9.47. The molecule has 19 heteroatoms. The fourth-order valence-corrected chi connectivity index (χ4v) is 1.91. The monoisotopic (exact) mass is 522 g/mol.